The molecule has 1 aliphatic rings. The third kappa shape index (κ3) is 5.83. The molecule has 2 rings (SSSR count). The summed E-state index contributed by atoms with van der Waals surface area (Å²) in [6.45, 7) is 1.55. The fourth-order valence-electron chi connectivity index (χ4n) is 2.25. The second-order valence-electron chi connectivity index (χ2n) is 5.66. The number of nitrogens with one attached hydrogen (secondary N) is 2. The van der Waals surface area contributed by atoms with Crippen LogP contribution >= 0.6 is 0 Å². The van der Waals surface area contributed by atoms with Crippen LogP contribution in [-0.2, 0) is 25.5 Å². The Balaban J connectivity index is 1.67. The lowest BCUT2D eigenvalue weighted by atomic mass is 10.1. The third-order valence-corrected chi connectivity index (χ3v) is 3.59. The first kappa shape index (κ1) is 17.7. The number of carbonyl (C=O) groups excluding carboxylic acids is 3. The molecule has 1 aliphatic heterocycles. The van der Waals surface area contributed by atoms with Gasteiger partial charge in [-0.2, -0.15) is 5.10 Å². The van der Waals surface area contributed by atoms with Gasteiger partial charge in [-0.3, -0.25) is 9.59 Å². The highest BCUT2D eigenvalue weighted by Gasteiger charge is 2.20. The van der Waals surface area contributed by atoms with Crippen LogP contribution in [0.25, 0.3) is 0 Å². The Morgan fingerprint density at radius 2 is 2.04 bits per heavy atom. The summed E-state index contributed by atoms with van der Waals surface area (Å²) in [6, 6.07) is 9.98. The maximum absolute atomic E-state index is 11.8. The first-order valence-corrected chi connectivity index (χ1v) is 7.90. The number of carbonyl (C=O) groups is 3. The van der Waals surface area contributed by atoms with E-state index in [1.165, 1.54) is 5.56 Å². The molecule has 7 nitrogen and oxygen atoms in total. The average molecular weight is 331 g/mol. The molecule has 2 amide bonds. The zero-order valence-electron chi connectivity index (χ0n) is 13.6. The van der Waals surface area contributed by atoms with Crippen LogP contribution in [0.2, 0.25) is 0 Å². The van der Waals surface area contributed by atoms with Crippen LogP contribution in [0.1, 0.15) is 31.7 Å². The van der Waals surface area contributed by atoms with E-state index >= 15 is 0 Å². The molecule has 0 unspecified atom stereocenters. The van der Waals surface area contributed by atoms with Gasteiger partial charge >= 0.3 is 5.97 Å². The van der Waals surface area contributed by atoms with Gasteiger partial charge in [0.15, 0.2) is 6.61 Å². The summed E-state index contributed by atoms with van der Waals surface area (Å²) in [7, 11) is 0. The zero-order valence-corrected chi connectivity index (χ0v) is 13.6. The van der Waals surface area contributed by atoms with Crippen LogP contribution in [0.3, 0.4) is 0 Å². The molecule has 0 radical (unpaired) electrons. The van der Waals surface area contributed by atoms with Crippen LogP contribution in [0.4, 0.5) is 0 Å². The number of hydrogen-bond donors (Lipinski definition) is 2. The molecule has 0 aliphatic carbocycles. The molecule has 1 heterocycles. The second kappa shape index (κ2) is 8.81. The second-order valence-corrected chi connectivity index (χ2v) is 5.66. The van der Waals surface area contributed by atoms with Gasteiger partial charge in [0.2, 0.25) is 5.91 Å². The van der Waals surface area contributed by atoms with E-state index in [9.17, 15) is 14.4 Å². The molecule has 2 N–H and O–H groups in total. The summed E-state index contributed by atoms with van der Waals surface area (Å²) in [5.74, 6) is -1.28. The van der Waals surface area contributed by atoms with Crippen LogP contribution in [0.15, 0.2) is 35.4 Å². The average Bonchev–Trinajstić information content (AvgIpc) is 2.59. The van der Waals surface area contributed by atoms with Crippen molar-refractivity contribution < 1.29 is 19.1 Å². The zero-order chi connectivity index (χ0) is 17.4. The van der Waals surface area contributed by atoms with Gasteiger partial charge in [0.25, 0.3) is 5.91 Å². The van der Waals surface area contributed by atoms with Crippen LogP contribution in [0.5, 0.6) is 0 Å². The van der Waals surface area contributed by atoms with Crippen LogP contribution < -0.4 is 10.7 Å². The molecule has 0 saturated heterocycles. The molecule has 24 heavy (non-hydrogen) atoms. The van der Waals surface area contributed by atoms with E-state index in [0.29, 0.717) is 0 Å². The minimum absolute atomic E-state index is 0.0253. The summed E-state index contributed by atoms with van der Waals surface area (Å²) in [6.07, 6.45) is 2.07. The lowest BCUT2D eigenvalue weighted by Crippen LogP contribution is -2.37. The van der Waals surface area contributed by atoms with Crippen molar-refractivity contribution in [2.24, 2.45) is 5.10 Å². The van der Waals surface area contributed by atoms with E-state index in [1.54, 1.807) is 0 Å². The summed E-state index contributed by atoms with van der Waals surface area (Å²) in [5.41, 5.74) is 3.55. The number of hydrogen-bond acceptors (Lipinski definition) is 5. The van der Waals surface area contributed by atoms with Gasteiger partial charge in [0.05, 0.1) is 0 Å². The number of nitrogens with zero attached hydrogens (tertiary/aromatic N) is 1. The Morgan fingerprint density at radius 3 is 2.71 bits per heavy atom. The largest absolute Gasteiger partial charge is 0.451 e. The molecule has 7 heteroatoms. The van der Waals surface area contributed by atoms with Crippen molar-refractivity contribution in [3.8, 4) is 0 Å². The van der Waals surface area contributed by atoms with Gasteiger partial charge in [-0.25, -0.2) is 10.2 Å². The third-order valence-electron chi connectivity index (χ3n) is 3.59. The van der Waals surface area contributed by atoms with Crippen molar-refractivity contribution in [3.05, 3.63) is 35.9 Å². The van der Waals surface area contributed by atoms with Crippen molar-refractivity contribution in [3.63, 3.8) is 0 Å². The van der Waals surface area contributed by atoms with Gasteiger partial charge < -0.3 is 10.1 Å². The van der Waals surface area contributed by atoms with E-state index in [2.05, 4.69) is 15.8 Å². The maximum Gasteiger partial charge on any atom is 0.355 e. The molecule has 128 valence electrons. The van der Waals surface area contributed by atoms with Crippen LogP contribution in [-0.4, -0.2) is 36.1 Å². The first-order valence-electron chi connectivity index (χ1n) is 7.90. The van der Waals surface area contributed by atoms with E-state index < -0.39 is 5.97 Å². The van der Waals surface area contributed by atoms with Gasteiger partial charge in [-0.1, -0.05) is 30.3 Å². The summed E-state index contributed by atoms with van der Waals surface area (Å²) in [4.78, 5) is 34.5. The van der Waals surface area contributed by atoms with E-state index in [4.69, 9.17) is 4.74 Å². The van der Waals surface area contributed by atoms with Crippen molar-refractivity contribution in [1.29, 1.82) is 0 Å². The Labute approximate surface area is 140 Å². The number of hydrazone groups is 1. The predicted octanol–water partition coefficient (Wildman–Crippen LogP) is 0.933. The summed E-state index contributed by atoms with van der Waals surface area (Å²) >= 11 is 0. The molecule has 0 aromatic heterocycles. The van der Waals surface area contributed by atoms with Crippen molar-refractivity contribution in [1.82, 2.24) is 10.7 Å². The van der Waals surface area contributed by atoms with Crippen LogP contribution in [0, 0.1) is 0 Å². The normalized spacial score (nSPS) is 15.0. The fourth-order valence-corrected chi connectivity index (χ4v) is 2.25. The van der Waals surface area contributed by atoms with Gasteiger partial charge in [0, 0.05) is 18.9 Å². The topological polar surface area (TPSA) is 96.9 Å². The number of esters is 1. The van der Waals surface area contributed by atoms with E-state index in [1.807, 2.05) is 37.3 Å². The highest BCUT2D eigenvalue weighted by Crippen LogP contribution is 2.05. The smallest absolute Gasteiger partial charge is 0.355 e. The predicted molar refractivity (Wildman–Crippen MR) is 88.1 cm³/mol. The minimum Gasteiger partial charge on any atom is -0.451 e. The summed E-state index contributed by atoms with van der Waals surface area (Å²) < 4.78 is 4.91. The standard InChI is InChI=1S/C17H21N3O4/c1-12(7-8-13-5-3-2-4-6-13)18-16(22)11-24-17(23)14-9-10-15(21)20-19-14/h2-6,12H,7-11H2,1H3,(H,18,22)(H,20,21)/t12-/m1/s1. The SMILES string of the molecule is C[C@H](CCc1ccccc1)NC(=O)COC(=O)C1=NNC(=O)CC1. The molecule has 1 atom stereocenters. The Morgan fingerprint density at radius 1 is 1.29 bits per heavy atom. The minimum atomic E-state index is -0.679. The number of benzene rings is 1. The Kier molecular flexibility index (Phi) is 6.48. The molecule has 0 fully saturated rings. The molecular formula is C17H21N3O4. The number of amides is 2. The molecular weight excluding hydrogens is 310 g/mol. The quantitative estimate of drug-likeness (QED) is 0.727. The Hall–Kier alpha value is -2.70. The van der Waals surface area contributed by atoms with Crippen molar-refractivity contribution in [2.75, 3.05) is 6.61 Å². The van der Waals surface area contributed by atoms with Gasteiger partial charge in [0.1, 0.15) is 5.71 Å². The lowest BCUT2D eigenvalue weighted by Gasteiger charge is -2.15. The molecule has 0 spiro atoms. The molecule has 1 aromatic carbocycles. The van der Waals surface area contributed by atoms with E-state index in [0.717, 1.165) is 12.8 Å². The fraction of sp³-hybridized carbons (Fsp3) is 0.412. The number of rotatable bonds is 7. The molecule has 1 aromatic rings. The molecule has 0 saturated carbocycles. The summed E-state index contributed by atoms with van der Waals surface area (Å²) in [5, 5.41) is 6.41. The first-order chi connectivity index (χ1) is 11.5. The van der Waals surface area contributed by atoms with Crippen molar-refractivity contribution in [2.45, 2.75) is 38.6 Å². The Bertz CT molecular complexity index is 628. The molecule has 0 bridgehead atoms. The van der Waals surface area contributed by atoms with Crippen molar-refractivity contribution >= 4 is 23.5 Å². The maximum atomic E-state index is 11.8. The number of ether oxygens (including phenoxy) is 1. The van der Waals surface area contributed by atoms with E-state index in [-0.39, 0.29) is 43.0 Å². The van der Waals surface area contributed by atoms with Gasteiger partial charge in [-0.15, -0.1) is 0 Å². The number of aryl methyl sites for hydroxylation is 1. The highest BCUT2D eigenvalue weighted by atomic mass is 16.5. The highest BCUT2D eigenvalue weighted by molar-refractivity contribution is 6.37. The monoisotopic (exact) mass is 331 g/mol. The van der Waals surface area contributed by atoms with Gasteiger partial charge in [-0.05, 0) is 25.3 Å². The lowest BCUT2D eigenvalue weighted by molar-refractivity contribution is -0.142.